The van der Waals surface area contributed by atoms with E-state index in [1.165, 1.54) is 18.0 Å². The van der Waals surface area contributed by atoms with Crippen LogP contribution in [0.1, 0.15) is 0 Å². The number of hydrogen-bond acceptors (Lipinski definition) is 5. The summed E-state index contributed by atoms with van der Waals surface area (Å²) in [6.45, 7) is -0.496. The average molecular weight is 439 g/mol. The van der Waals surface area contributed by atoms with E-state index >= 15 is 0 Å². The molecule has 2 amide bonds. The molecule has 1 aliphatic heterocycles. The number of primary amides is 1. The summed E-state index contributed by atoms with van der Waals surface area (Å²) < 4.78 is 32.7. The molecule has 0 spiro atoms. The zero-order valence-corrected chi connectivity index (χ0v) is 17.6. The van der Waals surface area contributed by atoms with E-state index in [0.717, 1.165) is 15.1 Å². The van der Waals surface area contributed by atoms with Gasteiger partial charge in [-0.3, -0.25) is 9.59 Å². The van der Waals surface area contributed by atoms with Gasteiger partial charge in [0.1, 0.15) is 5.75 Å². The van der Waals surface area contributed by atoms with Crippen molar-refractivity contribution in [2.24, 2.45) is 5.73 Å². The summed E-state index contributed by atoms with van der Waals surface area (Å²) in [5.41, 5.74) is 5.83. The maximum absolute atomic E-state index is 13.1. The minimum absolute atomic E-state index is 0.0883. The molecule has 0 aliphatic carbocycles. The summed E-state index contributed by atoms with van der Waals surface area (Å²) in [5.74, 6) is -0.857. The van der Waals surface area contributed by atoms with Gasteiger partial charge in [0.25, 0.3) is 5.91 Å². The molecule has 0 bridgehead atoms. The number of hydrogen-bond donors (Lipinski definition) is 1. The number of amides is 2. The molecule has 0 radical (unpaired) electrons. The van der Waals surface area contributed by atoms with Crippen LogP contribution in [0.2, 0.25) is 0 Å². The standard InChI is InChI=1S/C22H21N3O5S/c1-24(31(28,29)17-11-10-15-6-2-3-7-16(15)12-17)14-21(26)25-13-20(22(23)27)30-19-9-5-4-8-18(19)25/h2-12,20H,13-14H2,1H3,(H2,23,27). The molecule has 8 nitrogen and oxygen atoms in total. The topological polar surface area (TPSA) is 110 Å². The van der Waals surface area contributed by atoms with E-state index in [1.807, 2.05) is 24.3 Å². The van der Waals surface area contributed by atoms with Gasteiger partial charge >= 0.3 is 0 Å². The van der Waals surface area contributed by atoms with Crippen molar-refractivity contribution in [1.82, 2.24) is 4.31 Å². The number of carbonyl (C=O) groups is 2. The number of likely N-dealkylation sites (N-methyl/N-ethyl adjacent to an activating group) is 1. The van der Waals surface area contributed by atoms with E-state index in [0.29, 0.717) is 11.4 Å². The Kier molecular flexibility index (Phi) is 5.38. The van der Waals surface area contributed by atoms with Crippen LogP contribution in [0.5, 0.6) is 5.75 Å². The molecule has 1 aliphatic rings. The van der Waals surface area contributed by atoms with Crippen molar-refractivity contribution < 1.29 is 22.7 Å². The highest BCUT2D eigenvalue weighted by Gasteiger charge is 2.34. The van der Waals surface area contributed by atoms with Crippen LogP contribution in [0.15, 0.2) is 71.6 Å². The summed E-state index contributed by atoms with van der Waals surface area (Å²) in [6, 6.07) is 19.0. The van der Waals surface area contributed by atoms with E-state index in [9.17, 15) is 18.0 Å². The average Bonchev–Trinajstić information content (AvgIpc) is 2.77. The third-order valence-corrected chi connectivity index (χ3v) is 6.98. The molecule has 2 N–H and O–H groups in total. The van der Waals surface area contributed by atoms with E-state index in [2.05, 4.69) is 0 Å². The summed E-state index contributed by atoms with van der Waals surface area (Å²) in [4.78, 5) is 26.1. The predicted octanol–water partition coefficient (Wildman–Crippen LogP) is 1.74. The number of benzene rings is 3. The molecular formula is C22H21N3O5S. The van der Waals surface area contributed by atoms with E-state index in [-0.39, 0.29) is 11.4 Å². The van der Waals surface area contributed by atoms with Gasteiger partial charge in [-0.2, -0.15) is 4.31 Å². The molecule has 160 valence electrons. The zero-order chi connectivity index (χ0) is 22.2. The van der Waals surface area contributed by atoms with Crippen molar-refractivity contribution >= 4 is 38.3 Å². The minimum Gasteiger partial charge on any atom is -0.477 e. The number of para-hydroxylation sites is 2. The molecule has 3 aromatic carbocycles. The number of ether oxygens (including phenoxy) is 1. The Morgan fingerprint density at radius 2 is 1.74 bits per heavy atom. The highest BCUT2D eigenvalue weighted by molar-refractivity contribution is 7.89. The molecule has 3 aromatic rings. The van der Waals surface area contributed by atoms with Gasteiger partial charge in [0.05, 0.1) is 23.7 Å². The van der Waals surface area contributed by atoms with Crippen molar-refractivity contribution in [2.75, 3.05) is 25.0 Å². The van der Waals surface area contributed by atoms with Crippen LogP contribution >= 0.6 is 0 Å². The molecule has 0 saturated carbocycles. The van der Waals surface area contributed by atoms with Gasteiger partial charge in [0.2, 0.25) is 15.9 Å². The van der Waals surface area contributed by atoms with Crippen LogP contribution in [-0.4, -0.2) is 50.8 Å². The van der Waals surface area contributed by atoms with Gasteiger partial charge in [0.15, 0.2) is 6.10 Å². The summed E-state index contributed by atoms with van der Waals surface area (Å²) in [6.07, 6.45) is -1.01. The molecule has 9 heteroatoms. The predicted molar refractivity (Wildman–Crippen MR) is 116 cm³/mol. The number of carbonyl (C=O) groups excluding carboxylic acids is 2. The molecular weight excluding hydrogens is 418 g/mol. The molecule has 1 unspecified atom stereocenters. The van der Waals surface area contributed by atoms with E-state index in [4.69, 9.17) is 10.5 Å². The third-order valence-electron chi connectivity index (χ3n) is 5.18. The normalized spacial score (nSPS) is 16.1. The molecule has 1 atom stereocenters. The number of nitrogens with two attached hydrogens (primary N) is 1. The Balaban J connectivity index is 1.59. The van der Waals surface area contributed by atoms with Crippen LogP contribution in [0.4, 0.5) is 5.69 Å². The van der Waals surface area contributed by atoms with Crippen molar-refractivity contribution in [3.05, 3.63) is 66.7 Å². The first-order valence-corrected chi connectivity index (χ1v) is 11.0. The Labute approximate surface area is 179 Å². The molecule has 1 heterocycles. The molecule has 31 heavy (non-hydrogen) atoms. The lowest BCUT2D eigenvalue weighted by molar-refractivity contribution is -0.125. The number of anilines is 1. The first-order valence-electron chi connectivity index (χ1n) is 9.58. The first kappa shape index (κ1) is 20.8. The van der Waals surface area contributed by atoms with Gasteiger partial charge in [-0.05, 0) is 35.0 Å². The van der Waals surface area contributed by atoms with Crippen LogP contribution in [0.3, 0.4) is 0 Å². The van der Waals surface area contributed by atoms with Gasteiger partial charge in [-0.25, -0.2) is 8.42 Å². The highest BCUT2D eigenvalue weighted by atomic mass is 32.2. The maximum Gasteiger partial charge on any atom is 0.260 e. The van der Waals surface area contributed by atoms with E-state index in [1.54, 1.807) is 36.4 Å². The number of fused-ring (bicyclic) bond motifs is 2. The second-order valence-electron chi connectivity index (χ2n) is 7.25. The van der Waals surface area contributed by atoms with Gasteiger partial charge in [-0.1, -0.05) is 42.5 Å². The third kappa shape index (κ3) is 3.97. The van der Waals surface area contributed by atoms with E-state index < -0.39 is 34.5 Å². The lowest BCUT2D eigenvalue weighted by atomic mass is 10.1. The second kappa shape index (κ2) is 8.01. The number of rotatable bonds is 5. The van der Waals surface area contributed by atoms with Crippen molar-refractivity contribution in [3.63, 3.8) is 0 Å². The fourth-order valence-electron chi connectivity index (χ4n) is 3.49. The van der Waals surface area contributed by atoms with Gasteiger partial charge in [-0.15, -0.1) is 0 Å². The Hall–Kier alpha value is -3.43. The lowest BCUT2D eigenvalue weighted by Gasteiger charge is -2.34. The Morgan fingerprint density at radius 3 is 2.48 bits per heavy atom. The quantitative estimate of drug-likeness (QED) is 0.651. The van der Waals surface area contributed by atoms with Crippen LogP contribution in [0, 0.1) is 0 Å². The Morgan fingerprint density at radius 1 is 1.06 bits per heavy atom. The van der Waals surface area contributed by atoms with Gasteiger partial charge < -0.3 is 15.4 Å². The number of sulfonamides is 1. The Bertz CT molecular complexity index is 1270. The highest BCUT2D eigenvalue weighted by Crippen LogP contribution is 2.33. The van der Waals surface area contributed by atoms with Crippen LogP contribution < -0.4 is 15.4 Å². The maximum atomic E-state index is 13.1. The molecule has 0 fully saturated rings. The fraction of sp³-hybridized carbons (Fsp3) is 0.182. The molecule has 4 rings (SSSR count). The van der Waals surface area contributed by atoms with Crippen LogP contribution in [0.25, 0.3) is 10.8 Å². The zero-order valence-electron chi connectivity index (χ0n) is 16.8. The van der Waals surface area contributed by atoms with Crippen molar-refractivity contribution in [1.29, 1.82) is 0 Å². The number of nitrogens with zero attached hydrogens (tertiary/aromatic N) is 2. The smallest absolute Gasteiger partial charge is 0.260 e. The van der Waals surface area contributed by atoms with Crippen molar-refractivity contribution in [3.8, 4) is 5.75 Å². The second-order valence-corrected chi connectivity index (χ2v) is 9.30. The summed E-state index contributed by atoms with van der Waals surface area (Å²) in [7, 11) is -2.56. The van der Waals surface area contributed by atoms with Gasteiger partial charge in [0, 0.05) is 7.05 Å². The minimum atomic E-state index is -3.91. The SMILES string of the molecule is CN(CC(=O)N1CC(C(N)=O)Oc2ccccc21)S(=O)(=O)c1ccc2ccccc2c1. The summed E-state index contributed by atoms with van der Waals surface area (Å²) >= 11 is 0. The lowest BCUT2D eigenvalue weighted by Crippen LogP contribution is -2.51. The summed E-state index contributed by atoms with van der Waals surface area (Å²) in [5, 5.41) is 1.71. The largest absolute Gasteiger partial charge is 0.477 e. The monoisotopic (exact) mass is 439 g/mol. The molecule has 0 aromatic heterocycles. The van der Waals surface area contributed by atoms with Crippen molar-refractivity contribution in [2.45, 2.75) is 11.0 Å². The van der Waals surface area contributed by atoms with Crippen LogP contribution in [-0.2, 0) is 19.6 Å². The first-order chi connectivity index (χ1) is 14.8. The molecule has 0 saturated heterocycles. The fourth-order valence-corrected chi connectivity index (χ4v) is 4.64.